The van der Waals surface area contributed by atoms with Gasteiger partial charge in [-0.25, -0.2) is 4.79 Å². The van der Waals surface area contributed by atoms with Gasteiger partial charge >= 0.3 is 6.03 Å². The molecule has 0 saturated carbocycles. The minimum Gasteiger partial charge on any atom is -0.319 e. The highest BCUT2D eigenvalue weighted by Gasteiger charge is 2.49. The predicted octanol–water partition coefficient (Wildman–Crippen LogP) is 3.32. The molecule has 128 valence electrons. The number of rotatable bonds is 4. The number of nitrogens with zero attached hydrogens (tertiary/aromatic N) is 2. The zero-order valence-electron chi connectivity index (χ0n) is 13.2. The molecule has 1 aliphatic rings. The third kappa shape index (κ3) is 3.00. The van der Waals surface area contributed by atoms with E-state index in [1.54, 1.807) is 25.1 Å². The van der Waals surface area contributed by atoms with E-state index in [0.29, 0.717) is 11.1 Å². The van der Waals surface area contributed by atoms with Gasteiger partial charge < -0.3 is 5.32 Å². The van der Waals surface area contributed by atoms with Gasteiger partial charge in [0, 0.05) is 22.2 Å². The number of benzene rings is 2. The second-order valence-electron chi connectivity index (χ2n) is 5.85. The number of nitro groups is 1. The molecular formula is C17H14BrN3O4. The third-order valence-electron chi connectivity index (χ3n) is 4.18. The largest absolute Gasteiger partial charge is 0.325 e. The Bertz CT molecular complexity index is 868. The number of urea groups is 1. The van der Waals surface area contributed by atoms with Crippen LogP contribution in [0.25, 0.3) is 0 Å². The quantitative estimate of drug-likeness (QED) is 0.481. The van der Waals surface area contributed by atoms with Crippen LogP contribution in [-0.2, 0) is 16.9 Å². The van der Waals surface area contributed by atoms with Gasteiger partial charge in [0.05, 0.1) is 11.5 Å². The summed E-state index contributed by atoms with van der Waals surface area (Å²) in [5.41, 5.74) is 0.0850. The average molecular weight is 404 g/mol. The summed E-state index contributed by atoms with van der Waals surface area (Å²) in [5, 5.41) is 13.4. The highest BCUT2D eigenvalue weighted by atomic mass is 79.9. The van der Waals surface area contributed by atoms with Gasteiger partial charge in [0.15, 0.2) is 0 Å². The van der Waals surface area contributed by atoms with Gasteiger partial charge in [-0.05, 0) is 18.6 Å². The average Bonchev–Trinajstić information content (AvgIpc) is 2.80. The van der Waals surface area contributed by atoms with E-state index in [1.807, 2.05) is 6.07 Å². The van der Waals surface area contributed by atoms with Crippen molar-refractivity contribution in [3.8, 4) is 0 Å². The standard InChI is InChI=1S/C17H14BrN3O4/c1-17(13-4-2-3-5-14(13)18)15(22)20(16(23)19-17)10-11-6-8-12(9-7-11)21(24)25/h2-9H,10H2,1H3,(H,19,23)/t17-/m1/s1. The van der Waals surface area contributed by atoms with Crippen LogP contribution in [0.3, 0.4) is 0 Å². The molecule has 0 bridgehead atoms. The van der Waals surface area contributed by atoms with E-state index < -0.39 is 16.5 Å². The summed E-state index contributed by atoms with van der Waals surface area (Å²) in [6.45, 7) is 1.70. The van der Waals surface area contributed by atoms with Crippen LogP contribution in [0.5, 0.6) is 0 Å². The van der Waals surface area contributed by atoms with E-state index in [1.165, 1.54) is 24.3 Å². The monoisotopic (exact) mass is 403 g/mol. The SMILES string of the molecule is C[C@]1(c2ccccc2Br)NC(=O)N(Cc2ccc([N+](=O)[O-])cc2)C1=O. The Balaban J connectivity index is 1.87. The summed E-state index contributed by atoms with van der Waals surface area (Å²) in [6.07, 6.45) is 0. The Hall–Kier alpha value is -2.74. The van der Waals surface area contributed by atoms with E-state index in [2.05, 4.69) is 21.2 Å². The van der Waals surface area contributed by atoms with Crippen molar-refractivity contribution in [2.45, 2.75) is 19.0 Å². The molecule has 0 spiro atoms. The lowest BCUT2D eigenvalue weighted by Gasteiger charge is -2.23. The lowest BCUT2D eigenvalue weighted by Crippen LogP contribution is -2.41. The highest BCUT2D eigenvalue weighted by molar-refractivity contribution is 9.10. The van der Waals surface area contributed by atoms with Gasteiger partial charge in [-0.2, -0.15) is 0 Å². The minimum absolute atomic E-state index is 0.0426. The molecule has 2 aromatic rings. The maximum Gasteiger partial charge on any atom is 0.325 e. The van der Waals surface area contributed by atoms with Gasteiger partial charge in [-0.3, -0.25) is 19.8 Å². The molecule has 0 unspecified atom stereocenters. The lowest BCUT2D eigenvalue weighted by atomic mass is 9.92. The van der Waals surface area contributed by atoms with E-state index in [-0.39, 0.29) is 18.1 Å². The number of halogens is 1. The molecule has 7 nitrogen and oxygen atoms in total. The number of hydrogen-bond donors (Lipinski definition) is 1. The van der Waals surface area contributed by atoms with E-state index in [4.69, 9.17) is 0 Å². The van der Waals surface area contributed by atoms with Crippen molar-refractivity contribution in [2.75, 3.05) is 0 Å². The van der Waals surface area contributed by atoms with Gasteiger partial charge in [0.2, 0.25) is 0 Å². The van der Waals surface area contributed by atoms with Crippen LogP contribution in [0.15, 0.2) is 53.0 Å². The number of imide groups is 1. The van der Waals surface area contributed by atoms with Crippen molar-refractivity contribution < 1.29 is 14.5 Å². The first kappa shape index (κ1) is 17.1. The van der Waals surface area contributed by atoms with E-state index in [0.717, 1.165) is 9.37 Å². The van der Waals surface area contributed by atoms with Crippen LogP contribution in [0, 0.1) is 10.1 Å². The topological polar surface area (TPSA) is 92.6 Å². The summed E-state index contributed by atoms with van der Waals surface area (Å²) in [5.74, 6) is -0.372. The maximum atomic E-state index is 12.9. The molecule has 0 aromatic heterocycles. The molecule has 3 rings (SSSR count). The highest BCUT2D eigenvalue weighted by Crippen LogP contribution is 2.34. The summed E-state index contributed by atoms with van der Waals surface area (Å²) in [7, 11) is 0. The summed E-state index contributed by atoms with van der Waals surface area (Å²) >= 11 is 3.41. The van der Waals surface area contributed by atoms with Crippen LogP contribution in [0.2, 0.25) is 0 Å². The molecule has 1 saturated heterocycles. The van der Waals surface area contributed by atoms with Gasteiger partial charge in [0.1, 0.15) is 5.54 Å². The Labute approximate surface area is 151 Å². The molecule has 3 amide bonds. The second kappa shape index (κ2) is 6.29. The molecule has 8 heteroatoms. The molecule has 1 fully saturated rings. The van der Waals surface area contributed by atoms with E-state index in [9.17, 15) is 19.7 Å². The number of carbonyl (C=O) groups excluding carboxylic acids is 2. The Morgan fingerprint density at radius 1 is 1.16 bits per heavy atom. The molecule has 1 aliphatic heterocycles. The number of carbonyl (C=O) groups is 2. The minimum atomic E-state index is -1.17. The Morgan fingerprint density at radius 2 is 1.80 bits per heavy atom. The smallest absolute Gasteiger partial charge is 0.319 e. The summed E-state index contributed by atoms with van der Waals surface area (Å²) in [4.78, 5) is 36.5. The molecular weight excluding hydrogens is 390 g/mol. The predicted molar refractivity (Wildman–Crippen MR) is 93.7 cm³/mol. The molecule has 0 aliphatic carbocycles. The molecule has 1 N–H and O–H groups in total. The van der Waals surface area contributed by atoms with Crippen LogP contribution in [0.4, 0.5) is 10.5 Å². The van der Waals surface area contributed by atoms with Crippen LogP contribution in [-0.4, -0.2) is 21.8 Å². The fourth-order valence-corrected chi connectivity index (χ4v) is 3.48. The maximum absolute atomic E-state index is 12.9. The first-order valence-electron chi connectivity index (χ1n) is 7.45. The first-order valence-corrected chi connectivity index (χ1v) is 8.24. The van der Waals surface area contributed by atoms with Gasteiger partial charge in [-0.15, -0.1) is 0 Å². The third-order valence-corrected chi connectivity index (χ3v) is 4.87. The van der Waals surface area contributed by atoms with Crippen molar-refractivity contribution in [2.24, 2.45) is 0 Å². The van der Waals surface area contributed by atoms with Crippen LogP contribution < -0.4 is 5.32 Å². The number of amides is 3. The van der Waals surface area contributed by atoms with Crippen molar-refractivity contribution in [3.63, 3.8) is 0 Å². The number of nitro benzene ring substituents is 1. The molecule has 0 radical (unpaired) electrons. The number of non-ortho nitro benzene ring substituents is 1. The summed E-state index contributed by atoms with van der Waals surface area (Å²) in [6, 6.07) is 12.5. The normalized spacial score (nSPS) is 19.8. The number of nitrogens with one attached hydrogen (secondary N) is 1. The fourth-order valence-electron chi connectivity index (χ4n) is 2.80. The zero-order valence-corrected chi connectivity index (χ0v) is 14.8. The van der Waals surface area contributed by atoms with Crippen LogP contribution in [0.1, 0.15) is 18.1 Å². The Morgan fingerprint density at radius 3 is 2.40 bits per heavy atom. The Kier molecular flexibility index (Phi) is 4.30. The summed E-state index contributed by atoms with van der Waals surface area (Å²) < 4.78 is 0.725. The fraction of sp³-hybridized carbons (Fsp3) is 0.176. The second-order valence-corrected chi connectivity index (χ2v) is 6.70. The first-order chi connectivity index (χ1) is 11.8. The molecule has 25 heavy (non-hydrogen) atoms. The van der Waals surface area contributed by atoms with Crippen molar-refractivity contribution in [1.82, 2.24) is 10.2 Å². The molecule has 1 heterocycles. The van der Waals surface area contributed by atoms with Gasteiger partial charge in [-0.1, -0.05) is 46.3 Å². The van der Waals surface area contributed by atoms with Crippen molar-refractivity contribution in [3.05, 3.63) is 74.2 Å². The zero-order chi connectivity index (χ0) is 18.2. The van der Waals surface area contributed by atoms with Crippen molar-refractivity contribution >= 4 is 33.6 Å². The number of hydrogen-bond acceptors (Lipinski definition) is 4. The molecule has 1 atom stereocenters. The van der Waals surface area contributed by atoms with E-state index >= 15 is 0 Å². The van der Waals surface area contributed by atoms with Crippen molar-refractivity contribution in [1.29, 1.82) is 0 Å². The lowest BCUT2D eigenvalue weighted by molar-refractivity contribution is -0.384. The molecule has 2 aromatic carbocycles. The van der Waals surface area contributed by atoms with Crippen LogP contribution >= 0.6 is 15.9 Å². The van der Waals surface area contributed by atoms with Gasteiger partial charge in [0.25, 0.3) is 11.6 Å².